The first-order valence-corrected chi connectivity index (χ1v) is 9.93. The molecule has 0 fully saturated rings. The number of rotatable bonds is 6. The first-order chi connectivity index (χ1) is 13.8. The number of halogens is 1. The van der Waals surface area contributed by atoms with Crippen LogP contribution in [-0.4, -0.2) is 39.5 Å². The molecule has 1 atom stereocenters. The lowest BCUT2D eigenvalue weighted by Gasteiger charge is -2.35. The maximum Gasteiger partial charge on any atom is 0.407 e. The number of alkyl carbamates (subject to hydrolysis) is 1. The second-order valence-corrected chi connectivity index (χ2v) is 8.89. The molecule has 1 unspecified atom stereocenters. The van der Waals surface area contributed by atoms with E-state index in [1.807, 2.05) is 20.8 Å². The molecule has 0 radical (unpaired) electrons. The highest BCUT2D eigenvalue weighted by molar-refractivity contribution is 5.95. The molecule has 2 rings (SSSR count). The van der Waals surface area contributed by atoms with E-state index in [0.717, 1.165) is 0 Å². The Balaban J connectivity index is 2.17. The topological polar surface area (TPSA) is 85.2 Å². The highest BCUT2D eigenvalue weighted by Crippen LogP contribution is 2.20. The minimum atomic E-state index is -0.736. The van der Waals surface area contributed by atoms with Gasteiger partial charge in [0, 0.05) is 6.54 Å². The van der Waals surface area contributed by atoms with Crippen LogP contribution in [0.1, 0.15) is 57.6 Å². The third-order valence-electron chi connectivity index (χ3n) is 5.01. The van der Waals surface area contributed by atoms with Gasteiger partial charge in [-0.1, -0.05) is 26.0 Å². The summed E-state index contributed by atoms with van der Waals surface area (Å²) in [6.45, 7) is 13.0. The Morgan fingerprint density at radius 1 is 1.20 bits per heavy atom. The van der Waals surface area contributed by atoms with E-state index in [-0.39, 0.29) is 24.1 Å². The summed E-state index contributed by atoms with van der Waals surface area (Å²) < 4.78 is 20.8. The third kappa shape index (κ3) is 5.58. The monoisotopic (exact) mass is 418 g/mol. The van der Waals surface area contributed by atoms with E-state index in [4.69, 9.17) is 4.74 Å². The van der Waals surface area contributed by atoms with E-state index in [0.29, 0.717) is 11.3 Å². The van der Waals surface area contributed by atoms with E-state index in [9.17, 15) is 14.0 Å². The Kier molecular flexibility index (Phi) is 6.90. The highest BCUT2D eigenvalue weighted by atomic mass is 19.1. The summed E-state index contributed by atoms with van der Waals surface area (Å²) in [7, 11) is 0. The number of nitrogens with one attached hydrogen (secondary N) is 2. The minimum absolute atomic E-state index is 0.0123. The molecule has 0 aliphatic carbocycles. The number of aromatic nitrogens is 2. The predicted octanol–water partition coefficient (Wildman–Crippen LogP) is 3.99. The van der Waals surface area contributed by atoms with Crippen molar-refractivity contribution in [2.45, 2.75) is 59.6 Å². The minimum Gasteiger partial charge on any atom is -0.444 e. The van der Waals surface area contributed by atoms with Crippen LogP contribution in [0.15, 0.2) is 30.5 Å². The fourth-order valence-electron chi connectivity index (χ4n) is 2.79. The van der Waals surface area contributed by atoms with Gasteiger partial charge in [0.15, 0.2) is 0 Å². The summed E-state index contributed by atoms with van der Waals surface area (Å²) in [6, 6.07) is 6.24. The quantitative estimate of drug-likeness (QED) is 0.743. The number of hydrogen-bond acceptors (Lipinski definition) is 4. The van der Waals surface area contributed by atoms with Crippen LogP contribution in [0.5, 0.6) is 0 Å². The Labute approximate surface area is 177 Å². The maximum absolute atomic E-state index is 14.1. The largest absolute Gasteiger partial charge is 0.444 e. The molecule has 0 saturated heterocycles. The van der Waals surface area contributed by atoms with Crippen LogP contribution in [-0.2, 0) is 4.74 Å². The van der Waals surface area contributed by atoms with Gasteiger partial charge in [0.2, 0.25) is 0 Å². The second-order valence-electron chi connectivity index (χ2n) is 8.89. The van der Waals surface area contributed by atoms with E-state index in [1.165, 1.54) is 16.9 Å². The molecule has 2 aromatic rings. The third-order valence-corrected chi connectivity index (χ3v) is 5.01. The molecule has 7 nitrogen and oxygen atoms in total. The molecule has 2 N–H and O–H groups in total. The first kappa shape index (κ1) is 23.4. The van der Waals surface area contributed by atoms with Gasteiger partial charge in [0.25, 0.3) is 5.91 Å². The van der Waals surface area contributed by atoms with Gasteiger partial charge < -0.3 is 15.4 Å². The van der Waals surface area contributed by atoms with Gasteiger partial charge in [0.05, 0.1) is 23.0 Å². The molecule has 164 valence electrons. The summed E-state index contributed by atoms with van der Waals surface area (Å²) in [6.07, 6.45) is 0.867. The number of amides is 2. The van der Waals surface area contributed by atoms with Gasteiger partial charge in [-0.25, -0.2) is 13.9 Å². The Hall–Kier alpha value is -2.90. The van der Waals surface area contributed by atoms with E-state index in [1.54, 1.807) is 45.9 Å². The first-order valence-electron chi connectivity index (χ1n) is 9.93. The van der Waals surface area contributed by atoms with Crippen LogP contribution in [0.25, 0.3) is 5.69 Å². The Morgan fingerprint density at radius 2 is 1.83 bits per heavy atom. The number of hydrogen-bond donors (Lipinski definition) is 2. The van der Waals surface area contributed by atoms with Crippen molar-refractivity contribution < 1.29 is 18.7 Å². The molecule has 0 aliphatic heterocycles. The number of para-hydroxylation sites is 1. The lowest BCUT2D eigenvalue weighted by molar-refractivity contribution is 0.0497. The molecule has 1 aromatic heterocycles. The van der Waals surface area contributed by atoms with E-state index in [2.05, 4.69) is 15.7 Å². The van der Waals surface area contributed by atoms with Gasteiger partial charge in [-0.05, 0) is 52.7 Å². The zero-order valence-electron chi connectivity index (χ0n) is 18.7. The van der Waals surface area contributed by atoms with Crippen LogP contribution in [0.2, 0.25) is 0 Å². The zero-order chi connectivity index (χ0) is 22.7. The van der Waals surface area contributed by atoms with Crippen molar-refractivity contribution in [1.82, 2.24) is 20.4 Å². The van der Waals surface area contributed by atoms with Crippen molar-refractivity contribution in [2.24, 2.45) is 5.92 Å². The van der Waals surface area contributed by atoms with Crippen molar-refractivity contribution in [1.29, 1.82) is 0 Å². The fraction of sp³-hybridized carbons (Fsp3) is 0.500. The smallest absolute Gasteiger partial charge is 0.407 e. The van der Waals surface area contributed by atoms with Crippen LogP contribution >= 0.6 is 0 Å². The van der Waals surface area contributed by atoms with Crippen molar-refractivity contribution in [3.8, 4) is 5.69 Å². The number of carbonyl (C=O) groups is 2. The van der Waals surface area contributed by atoms with Crippen molar-refractivity contribution >= 4 is 12.0 Å². The normalized spacial score (nSPS) is 13.6. The number of carbonyl (C=O) groups excluding carboxylic acids is 2. The molecule has 1 heterocycles. The average Bonchev–Trinajstić information content (AvgIpc) is 3.00. The molecule has 1 aromatic carbocycles. The van der Waals surface area contributed by atoms with Gasteiger partial charge in [-0.3, -0.25) is 4.79 Å². The Bertz CT molecular complexity index is 917. The van der Waals surface area contributed by atoms with Crippen LogP contribution in [0.3, 0.4) is 0 Å². The number of benzene rings is 1. The summed E-state index contributed by atoms with van der Waals surface area (Å²) in [5.41, 5.74) is -0.223. The van der Waals surface area contributed by atoms with Gasteiger partial charge in [-0.15, -0.1) is 0 Å². The molecule has 30 heavy (non-hydrogen) atoms. The SMILES string of the molecule is Cc1c(C(=O)NC(C)(CNC(=O)OC(C)(C)C)C(C)C)cnn1-c1ccccc1F. The van der Waals surface area contributed by atoms with Crippen LogP contribution in [0.4, 0.5) is 9.18 Å². The molecule has 0 saturated carbocycles. The molecule has 2 amide bonds. The molecule has 0 spiro atoms. The van der Waals surface area contributed by atoms with Crippen LogP contribution in [0, 0.1) is 18.7 Å². The summed E-state index contributed by atoms with van der Waals surface area (Å²) in [5, 5.41) is 9.90. The average molecular weight is 419 g/mol. The van der Waals surface area contributed by atoms with E-state index >= 15 is 0 Å². The summed E-state index contributed by atoms with van der Waals surface area (Å²) in [4.78, 5) is 25.0. The number of ether oxygens (including phenoxy) is 1. The number of nitrogens with zero attached hydrogens (tertiary/aromatic N) is 2. The lowest BCUT2D eigenvalue weighted by Crippen LogP contribution is -2.57. The Morgan fingerprint density at radius 3 is 2.40 bits per heavy atom. The standard InChI is InChI=1S/C22H31FN4O3/c1-14(2)22(7,13-24-20(29)30-21(4,5)6)26-19(28)16-12-25-27(15(16)3)18-11-9-8-10-17(18)23/h8-12,14H,13H2,1-7H3,(H,24,29)(H,26,28). The van der Waals surface area contributed by atoms with Crippen molar-refractivity contribution in [3.05, 3.63) is 47.5 Å². The fourth-order valence-corrected chi connectivity index (χ4v) is 2.79. The highest BCUT2D eigenvalue weighted by Gasteiger charge is 2.33. The van der Waals surface area contributed by atoms with Gasteiger partial charge in [-0.2, -0.15) is 5.10 Å². The molecule has 0 aliphatic rings. The molecular formula is C22H31FN4O3. The zero-order valence-corrected chi connectivity index (χ0v) is 18.7. The summed E-state index contributed by atoms with van der Waals surface area (Å²) in [5.74, 6) is -0.764. The van der Waals surface area contributed by atoms with Crippen molar-refractivity contribution in [2.75, 3.05) is 6.54 Å². The van der Waals surface area contributed by atoms with Gasteiger partial charge in [0.1, 0.15) is 17.1 Å². The summed E-state index contributed by atoms with van der Waals surface area (Å²) >= 11 is 0. The van der Waals surface area contributed by atoms with Crippen molar-refractivity contribution in [3.63, 3.8) is 0 Å². The molecule has 0 bridgehead atoms. The van der Waals surface area contributed by atoms with Crippen LogP contribution < -0.4 is 10.6 Å². The van der Waals surface area contributed by atoms with E-state index < -0.39 is 23.1 Å². The maximum atomic E-state index is 14.1. The molecule has 8 heteroatoms. The predicted molar refractivity (Wildman–Crippen MR) is 113 cm³/mol. The molecular weight excluding hydrogens is 387 g/mol. The van der Waals surface area contributed by atoms with Gasteiger partial charge >= 0.3 is 6.09 Å². The second kappa shape index (κ2) is 8.85. The lowest BCUT2D eigenvalue weighted by atomic mass is 9.88.